The first-order valence-corrected chi connectivity index (χ1v) is 10.2. The largest absolute Gasteiger partial charge is 0.341 e. The first-order valence-electron chi connectivity index (χ1n) is 10.2. The van der Waals surface area contributed by atoms with Crippen LogP contribution in [0.25, 0.3) is 10.9 Å². The van der Waals surface area contributed by atoms with Gasteiger partial charge < -0.3 is 14.4 Å². The number of aryl methyl sites for hydroxylation is 2. The predicted octanol–water partition coefficient (Wildman–Crippen LogP) is 3.49. The summed E-state index contributed by atoms with van der Waals surface area (Å²) in [7, 11) is 1.94. The quantitative estimate of drug-likeness (QED) is 0.834. The Labute approximate surface area is 160 Å². The first kappa shape index (κ1) is 18.1. The lowest BCUT2D eigenvalue weighted by Crippen LogP contribution is -2.61. The van der Waals surface area contributed by atoms with Crippen LogP contribution >= 0.6 is 0 Å². The fraction of sp³-hybridized carbons (Fsp3) is 0.545. The monoisotopic (exact) mass is 367 g/mol. The molecule has 1 unspecified atom stereocenters. The molecule has 1 aromatic carbocycles. The fourth-order valence-corrected chi connectivity index (χ4v) is 5.02. The molecule has 0 aliphatic carbocycles. The third kappa shape index (κ3) is 2.75. The van der Waals surface area contributed by atoms with Gasteiger partial charge >= 0.3 is 0 Å². The molecule has 0 radical (unpaired) electrons. The second-order valence-electron chi connectivity index (χ2n) is 8.14. The molecule has 27 heavy (non-hydrogen) atoms. The summed E-state index contributed by atoms with van der Waals surface area (Å²) in [5.74, 6) is 0.159. The Morgan fingerprint density at radius 1 is 1.15 bits per heavy atom. The first-order chi connectivity index (χ1) is 13.0. The van der Waals surface area contributed by atoms with Gasteiger partial charge in [0, 0.05) is 37.6 Å². The molecule has 1 spiro atoms. The van der Waals surface area contributed by atoms with Crippen LogP contribution in [0.15, 0.2) is 24.3 Å². The molecule has 1 atom stereocenters. The lowest BCUT2D eigenvalue weighted by molar-refractivity contribution is -0.145. The smallest absolute Gasteiger partial charge is 0.271 e. The van der Waals surface area contributed by atoms with Gasteiger partial charge in [-0.2, -0.15) is 0 Å². The van der Waals surface area contributed by atoms with Gasteiger partial charge in [-0.25, -0.2) is 0 Å². The molecule has 2 aliphatic rings. The van der Waals surface area contributed by atoms with E-state index in [-0.39, 0.29) is 11.8 Å². The van der Waals surface area contributed by atoms with Gasteiger partial charge in [-0.05, 0) is 57.2 Å². The number of hydrogen-bond donors (Lipinski definition) is 0. The highest BCUT2D eigenvalue weighted by Crippen LogP contribution is 2.39. The minimum Gasteiger partial charge on any atom is -0.341 e. The Balaban J connectivity index is 1.71. The summed E-state index contributed by atoms with van der Waals surface area (Å²) in [4.78, 5) is 30.7. The van der Waals surface area contributed by atoms with E-state index in [0.717, 1.165) is 56.1 Å². The Bertz CT molecular complexity index is 898. The summed E-state index contributed by atoms with van der Waals surface area (Å²) < 4.78 is 1.97. The van der Waals surface area contributed by atoms with Gasteiger partial charge in [-0.15, -0.1) is 0 Å². The van der Waals surface area contributed by atoms with Crippen LogP contribution in [0.3, 0.4) is 0 Å². The molecule has 3 heterocycles. The van der Waals surface area contributed by atoms with Crippen LogP contribution in [0.1, 0.15) is 55.1 Å². The van der Waals surface area contributed by atoms with Gasteiger partial charge in [0.15, 0.2) is 0 Å². The van der Waals surface area contributed by atoms with Crippen molar-refractivity contribution >= 4 is 22.7 Å². The number of carbonyl (C=O) groups is 2. The molecule has 2 aromatic rings. The lowest BCUT2D eigenvalue weighted by Gasteiger charge is -2.44. The van der Waals surface area contributed by atoms with E-state index in [1.165, 1.54) is 5.56 Å². The third-order valence-electron chi connectivity index (χ3n) is 6.35. The van der Waals surface area contributed by atoms with E-state index < -0.39 is 5.54 Å². The van der Waals surface area contributed by atoms with Gasteiger partial charge in [-0.1, -0.05) is 18.6 Å². The minimum atomic E-state index is -0.628. The Morgan fingerprint density at radius 2 is 1.89 bits per heavy atom. The summed E-state index contributed by atoms with van der Waals surface area (Å²) in [5, 5.41) is 1.08. The molecule has 2 saturated heterocycles. The molecule has 0 N–H and O–H groups in total. The molecule has 144 valence electrons. The number of benzene rings is 1. The predicted molar refractivity (Wildman–Crippen MR) is 107 cm³/mol. The third-order valence-corrected chi connectivity index (χ3v) is 6.35. The highest BCUT2D eigenvalue weighted by atomic mass is 16.2. The van der Waals surface area contributed by atoms with Crippen molar-refractivity contribution in [3.63, 3.8) is 0 Å². The summed E-state index contributed by atoms with van der Waals surface area (Å²) >= 11 is 0. The molecule has 4 rings (SSSR count). The molecule has 5 heteroatoms. The van der Waals surface area contributed by atoms with E-state index >= 15 is 0 Å². The van der Waals surface area contributed by atoms with Crippen molar-refractivity contribution in [1.29, 1.82) is 0 Å². The van der Waals surface area contributed by atoms with Crippen molar-refractivity contribution in [2.24, 2.45) is 7.05 Å². The molecule has 0 bridgehead atoms. The van der Waals surface area contributed by atoms with Crippen LogP contribution in [-0.4, -0.2) is 51.4 Å². The van der Waals surface area contributed by atoms with Crippen molar-refractivity contribution in [3.8, 4) is 0 Å². The van der Waals surface area contributed by atoms with Gasteiger partial charge in [-0.3, -0.25) is 9.59 Å². The molecule has 0 saturated carbocycles. The highest BCUT2D eigenvalue weighted by molar-refractivity contribution is 6.02. The van der Waals surface area contributed by atoms with E-state index in [4.69, 9.17) is 0 Å². The average molecular weight is 367 g/mol. The number of nitrogens with zero attached hydrogens (tertiary/aromatic N) is 3. The van der Waals surface area contributed by atoms with Gasteiger partial charge in [0.25, 0.3) is 5.91 Å². The van der Waals surface area contributed by atoms with Crippen molar-refractivity contribution in [2.75, 3.05) is 19.6 Å². The molecule has 1 aromatic heterocycles. The second-order valence-corrected chi connectivity index (χ2v) is 8.14. The standard InChI is InChI=1S/C22H29N3O2/c1-4-11-24-12-5-9-22(21(24)27)10-6-13-25(22)20(26)19-15-17-14-16(2)7-8-18(17)23(19)3/h7-8,14-15H,4-6,9-13H2,1-3H3. The summed E-state index contributed by atoms with van der Waals surface area (Å²) in [6.07, 6.45) is 4.42. The number of amides is 2. The summed E-state index contributed by atoms with van der Waals surface area (Å²) in [6.45, 7) is 6.45. The highest BCUT2D eigenvalue weighted by Gasteiger charge is 2.52. The number of aromatic nitrogens is 1. The van der Waals surface area contributed by atoms with E-state index in [1.807, 2.05) is 27.5 Å². The van der Waals surface area contributed by atoms with Crippen LogP contribution in [0.4, 0.5) is 0 Å². The molecule has 2 aliphatic heterocycles. The molecule has 2 amide bonds. The maximum Gasteiger partial charge on any atom is 0.271 e. The van der Waals surface area contributed by atoms with Crippen molar-refractivity contribution in [3.05, 3.63) is 35.5 Å². The normalized spacial score (nSPS) is 23.0. The molecular weight excluding hydrogens is 338 g/mol. The lowest BCUT2D eigenvalue weighted by atomic mass is 9.85. The van der Waals surface area contributed by atoms with Gasteiger partial charge in [0.05, 0.1) is 0 Å². The molecule has 5 nitrogen and oxygen atoms in total. The Hall–Kier alpha value is -2.30. The number of rotatable bonds is 3. The van der Waals surface area contributed by atoms with Crippen LogP contribution in [-0.2, 0) is 11.8 Å². The van der Waals surface area contributed by atoms with E-state index in [9.17, 15) is 9.59 Å². The number of likely N-dealkylation sites (tertiary alicyclic amines) is 2. The number of fused-ring (bicyclic) bond motifs is 1. The Morgan fingerprint density at radius 3 is 2.63 bits per heavy atom. The van der Waals surface area contributed by atoms with Gasteiger partial charge in [0.1, 0.15) is 11.2 Å². The van der Waals surface area contributed by atoms with Gasteiger partial charge in [0.2, 0.25) is 5.91 Å². The van der Waals surface area contributed by atoms with Crippen LogP contribution in [0.5, 0.6) is 0 Å². The zero-order valence-electron chi connectivity index (χ0n) is 16.6. The topological polar surface area (TPSA) is 45.5 Å². The summed E-state index contributed by atoms with van der Waals surface area (Å²) in [5.41, 5.74) is 2.29. The van der Waals surface area contributed by atoms with Crippen molar-refractivity contribution in [2.45, 2.75) is 51.5 Å². The van der Waals surface area contributed by atoms with Crippen molar-refractivity contribution in [1.82, 2.24) is 14.4 Å². The van der Waals surface area contributed by atoms with E-state index in [0.29, 0.717) is 12.2 Å². The number of hydrogen-bond acceptors (Lipinski definition) is 2. The maximum atomic E-state index is 13.5. The fourth-order valence-electron chi connectivity index (χ4n) is 5.02. The number of piperidine rings is 1. The Kier molecular flexibility index (Phi) is 4.49. The van der Waals surface area contributed by atoms with Crippen LogP contribution < -0.4 is 0 Å². The number of carbonyl (C=O) groups excluding carboxylic acids is 2. The van der Waals surface area contributed by atoms with E-state index in [2.05, 4.69) is 32.0 Å². The average Bonchev–Trinajstić information content (AvgIpc) is 3.21. The van der Waals surface area contributed by atoms with Crippen molar-refractivity contribution < 1.29 is 9.59 Å². The molecular formula is C22H29N3O2. The second kappa shape index (κ2) is 6.70. The zero-order valence-corrected chi connectivity index (χ0v) is 16.6. The van der Waals surface area contributed by atoms with E-state index in [1.54, 1.807) is 0 Å². The summed E-state index contributed by atoms with van der Waals surface area (Å²) in [6, 6.07) is 8.23. The molecule has 2 fully saturated rings. The minimum absolute atomic E-state index is 0.00412. The SMILES string of the molecule is CCCN1CCCC2(CCCN2C(=O)c2cc3cc(C)ccc3n2C)C1=O. The zero-order chi connectivity index (χ0) is 19.2. The maximum absolute atomic E-state index is 13.5. The van der Waals surface area contributed by atoms with Crippen LogP contribution in [0, 0.1) is 6.92 Å². The van der Waals surface area contributed by atoms with Crippen LogP contribution in [0.2, 0.25) is 0 Å².